The van der Waals surface area contributed by atoms with E-state index >= 15 is 0 Å². The second-order valence-corrected chi connectivity index (χ2v) is 7.76. The molecule has 3 heteroatoms. The van der Waals surface area contributed by atoms with Gasteiger partial charge in [-0.2, -0.15) is 0 Å². The lowest BCUT2D eigenvalue weighted by atomic mass is 9.80. The Balaban J connectivity index is 1.50. The number of benzene rings is 4. The van der Waals surface area contributed by atoms with E-state index in [9.17, 15) is 0 Å². The lowest BCUT2D eigenvalue weighted by Crippen LogP contribution is -2.33. The molecule has 4 aromatic rings. The van der Waals surface area contributed by atoms with Crippen LogP contribution in [0.25, 0.3) is 0 Å². The van der Waals surface area contributed by atoms with Gasteiger partial charge in [-0.25, -0.2) is 0 Å². The minimum atomic E-state index is -0.761. The maximum absolute atomic E-state index is 6.64. The lowest BCUT2D eigenvalue weighted by molar-refractivity contribution is 0.0352. The van der Waals surface area contributed by atoms with Crippen molar-refractivity contribution in [3.8, 4) is 17.6 Å². The SMILES string of the molecule is COc1ccc(COCC#CCOC(c2ccccc2)(c2ccccc2)c2ccccc2)cc1. The number of hydrogen-bond acceptors (Lipinski definition) is 3. The van der Waals surface area contributed by atoms with Crippen molar-refractivity contribution in [2.75, 3.05) is 20.3 Å². The summed E-state index contributed by atoms with van der Waals surface area (Å²) < 4.78 is 17.5. The molecule has 0 heterocycles. The molecule has 0 N–H and O–H groups in total. The van der Waals surface area contributed by atoms with Gasteiger partial charge in [-0.1, -0.05) is 115 Å². The van der Waals surface area contributed by atoms with E-state index in [2.05, 4.69) is 48.2 Å². The smallest absolute Gasteiger partial charge is 0.145 e. The fourth-order valence-electron chi connectivity index (χ4n) is 3.96. The fourth-order valence-corrected chi connectivity index (χ4v) is 3.96. The first-order chi connectivity index (χ1) is 16.8. The molecular formula is C31H28O3. The van der Waals surface area contributed by atoms with Crippen molar-refractivity contribution in [1.82, 2.24) is 0 Å². The van der Waals surface area contributed by atoms with Gasteiger partial charge in [-0.05, 0) is 34.4 Å². The molecule has 34 heavy (non-hydrogen) atoms. The summed E-state index contributed by atoms with van der Waals surface area (Å²) in [6.07, 6.45) is 0. The van der Waals surface area contributed by atoms with Crippen LogP contribution in [-0.4, -0.2) is 20.3 Å². The van der Waals surface area contributed by atoms with Gasteiger partial charge >= 0.3 is 0 Å². The molecule has 0 amide bonds. The highest BCUT2D eigenvalue weighted by Gasteiger charge is 2.37. The Morgan fingerprint density at radius 3 is 1.53 bits per heavy atom. The Kier molecular flexibility index (Phi) is 8.13. The Morgan fingerprint density at radius 1 is 0.588 bits per heavy atom. The molecule has 4 rings (SSSR count). The molecule has 4 aromatic carbocycles. The molecule has 0 saturated heterocycles. The van der Waals surface area contributed by atoms with Crippen LogP contribution in [0.15, 0.2) is 115 Å². The van der Waals surface area contributed by atoms with Gasteiger partial charge in [0.05, 0.1) is 13.7 Å². The van der Waals surface area contributed by atoms with Crippen LogP contribution >= 0.6 is 0 Å². The van der Waals surface area contributed by atoms with Gasteiger partial charge in [0.25, 0.3) is 0 Å². The molecule has 0 unspecified atom stereocenters. The van der Waals surface area contributed by atoms with Crippen molar-refractivity contribution in [2.45, 2.75) is 12.2 Å². The summed E-state index contributed by atoms with van der Waals surface area (Å²) in [4.78, 5) is 0. The average molecular weight is 449 g/mol. The highest BCUT2D eigenvalue weighted by atomic mass is 16.5. The van der Waals surface area contributed by atoms with Crippen molar-refractivity contribution in [1.29, 1.82) is 0 Å². The van der Waals surface area contributed by atoms with Gasteiger partial charge in [-0.15, -0.1) is 0 Å². The van der Waals surface area contributed by atoms with E-state index < -0.39 is 5.60 Å². The second kappa shape index (κ2) is 11.9. The van der Waals surface area contributed by atoms with Gasteiger partial charge < -0.3 is 14.2 Å². The van der Waals surface area contributed by atoms with E-state index in [1.54, 1.807) is 7.11 Å². The zero-order valence-electron chi connectivity index (χ0n) is 19.3. The molecule has 0 aliphatic rings. The topological polar surface area (TPSA) is 27.7 Å². The first kappa shape index (κ1) is 23.3. The number of methoxy groups -OCH3 is 1. The van der Waals surface area contributed by atoms with Crippen LogP contribution in [0.4, 0.5) is 0 Å². The summed E-state index contributed by atoms with van der Waals surface area (Å²) in [6.45, 7) is 1.11. The molecule has 0 saturated carbocycles. The Labute approximate surface area is 201 Å². The van der Waals surface area contributed by atoms with E-state index in [0.717, 1.165) is 28.0 Å². The van der Waals surface area contributed by atoms with Crippen molar-refractivity contribution in [2.24, 2.45) is 0 Å². The molecule has 0 radical (unpaired) electrons. The molecule has 3 nitrogen and oxygen atoms in total. The van der Waals surface area contributed by atoms with Gasteiger partial charge in [0.2, 0.25) is 0 Å². The molecule has 170 valence electrons. The highest BCUT2D eigenvalue weighted by Crippen LogP contribution is 2.40. The first-order valence-electron chi connectivity index (χ1n) is 11.3. The quantitative estimate of drug-likeness (QED) is 0.173. The van der Waals surface area contributed by atoms with Crippen molar-refractivity contribution < 1.29 is 14.2 Å². The summed E-state index contributed by atoms with van der Waals surface area (Å²) in [5.41, 5.74) is 3.50. The van der Waals surface area contributed by atoms with Gasteiger partial charge in [0.15, 0.2) is 0 Å². The summed E-state index contributed by atoms with van der Waals surface area (Å²) in [5.74, 6) is 7.05. The summed E-state index contributed by atoms with van der Waals surface area (Å²) >= 11 is 0. The second-order valence-electron chi connectivity index (χ2n) is 7.76. The van der Waals surface area contributed by atoms with Crippen LogP contribution in [-0.2, 0) is 21.7 Å². The number of rotatable bonds is 9. The predicted molar refractivity (Wildman–Crippen MR) is 136 cm³/mol. The molecule has 0 aliphatic heterocycles. The van der Waals surface area contributed by atoms with Crippen molar-refractivity contribution in [3.63, 3.8) is 0 Å². The lowest BCUT2D eigenvalue weighted by Gasteiger charge is -2.35. The minimum absolute atomic E-state index is 0.268. The van der Waals surface area contributed by atoms with E-state index in [0.29, 0.717) is 13.2 Å². The zero-order valence-corrected chi connectivity index (χ0v) is 19.3. The van der Waals surface area contributed by atoms with Crippen LogP contribution in [0.1, 0.15) is 22.3 Å². The van der Waals surface area contributed by atoms with Crippen LogP contribution in [0.5, 0.6) is 5.75 Å². The Morgan fingerprint density at radius 2 is 1.06 bits per heavy atom. The highest BCUT2D eigenvalue weighted by molar-refractivity contribution is 5.47. The van der Waals surface area contributed by atoms with E-state index in [1.165, 1.54) is 0 Å². The minimum Gasteiger partial charge on any atom is -0.497 e. The summed E-state index contributed by atoms with van der Waals surface area (Å²) in [5, 5.41) is 0. The fraction of sp³-hybridized carbons (Fsp3) is 0.161. The molecule has 0 fully saturated rings. The molecule has 0 aromatic heterocycles. The monoisotopic (exact) mass is 448 g/mol. The number of ether oxygens (including phenoxy) is 3. The summed E-state index contributed by atoms with van der Waals surface area (Å²) in [6, 6.07) is 38.7. The maximum atomic E-state index is 6.64. The molecule has 0 bridgehead atoms. The summed E-state index contributed by atoms with van der Waals surface area (Å²) in [7, 11) is 1.66. The Bertz CT molecular complexity index is 1100. The van der Waals surface area contributed by atoms with Crippen molar-refractivity contribution >= 4 is 0 Å². The molecule has 0 atom stereocenters. The van der Waals surface area contributed by atoms with Crippen LogP contribution in [0.3, 0.4) is 0 Å². The third kappa shape index (κ3) is 5.55. The van der Waals surface area contributed by atoms with Crippen LogP contribution in [0.2, 0.25) is 0 Å². The molecule has 0 spiro atoms. The third-order valence-corrected chi connectivity index (χ3v) is 5.63. The van der Waals surface area contributed by atoms with Gasteiger partial charge in [0.1, 0.15) is 24.6 Å². The first-order valence-corrected chi connectivity index (χ1v) is 11.3. The van der Waals surface area contributed by atoms with E-state index in [-0.39, 0.29) is 6.61 Å². The maximum Gasteiger partial charge on any atom is 0.145 e. The largest absolute Gasteiger partial charge is 0.497 e. The predicted octanol–water partition coefficient (Wildman–Crippen LogP) is 6.22. The van der Waals surface area contributed by atoms with Gasteiger partial charge in [0, 0.05) is 0 Å². The van der Waals surface area contributed by atoms with E-state index in [4.69, 9.17) is 14.2 Å². The molecule has 0 aliphatic carbocycles. The van der Waals surface area contributed by atoms with Crippen LogP contribution < -0.4 is 4.74 Å². The van der Waals surface area contributed by atoms with Crippen molar-refractivity contribution in [3.05, 3.63) is 138 Å². The third-order valence-electron chi connectivity index (χ3n) is 5.63. The van der Waals surface area contributed by atoms with Gasteiger partial charge in [-0.3, -0.25) is 0 Å². The normalized spacial score (nSPS) is 10.9. The average Bonchev–Trinajstić information content (AvgIpc) is 2.92. The zero-order chi connectivity index (χ0) is 23.5. The molecular weight excluding hydrogens is 420 g/mol. The number of hydrogen-bond donors (Lipinski definition) is 0. The Hall–Kier alpha value is -3.84. The standard InChI is InChI=1S/C31H28O3/c1-32-30-21-19-26(20-22-30)25-33-23-11-12-24-34-31(27-13-5-2-6-14-27,28-15-7-3-8-16-28)29-17-9-4-10-18-29/h2-10,13-22H,23-25H2,1H3. The van der Waals surface area contributed by atoms with E-state index in [1.807, 2.05) is 78.9 Å². The van der Waals surface area contributed by atoms with Crippen LogP contribution in [0, 0.1) is 11.8 Å².